The quantitative estimate of drug-likeness (QED) is 0.506. The van der Waals surface area contributed by atoms with Crippen LogP contribution in [0, 0.1) is 0 Å². The van der Waals surface area contributed by atoms with Crippen molar-refractivity contribution in [3.8, 4) is 0 Å². The number of aliphatic hydroxyl groups excluding tert-OH is 2. The molecule has 1 aliphatic carbocycles. The van der Waals surface area contributed by atoms with Crippen molar-refractivity contribution in [1.29, 1.82) is 0 Å². The van der Waals surface area contributed by atoms with Crippen molar-refractivity contribution in [3.63, 3.8) is 0 Å². The van der Waals surface area contributed by atoms with Crippen LogP contribution in [0.5, 0.6) is 0 Å². The summed E-state index contributed by atoms with van der Waals surface area (Å²) in [6, 6.07) is 0. The minimum Gasteiger partial charge on any atom is -0.390 e. The summed E-state index contributed by atoms with van der Waals surface area (Å²) in [4.78, 5) is 0. The highest BCUT2D eigenvalue weighted by molar-refractivity contribution is 4.82. The second-order valence-corrected chi connectivity index (χ2v) is 2.46. The Labute approximate surface area is 54.3 Å². The van der Waals surface area contributed by atoms with Gasteiger partial charge in [0.15, 0.2) is 0 Å². The molecule has 0 aromatic heterocycles. The van der Waals surface area contributed by atoms with Crippen LogP contribution in [0.25, 0.3) is 0 Å². The Morgan fingerprint density at radius 1 is 1.22 bits per heavy atom. The Kier molecular flexibility index (Phi) is 2.05. The molecule has 3 heteroatoms. The van der Waals surface area contributed by atoms with E-state index in [1.54, 1.807) is 7.11 Å². The van der Waals surface area contributed by atoms with Crippen LogP contribution >= 0.6 is 0 Å². The Morgan fingerprint density at radius 3 is 1.89 bits per heavy atom. The molecule has 0 radical (unpaired) electrons. The molecule has 1 saturated carbocycles. The molecule has 1 aliphatic rings. The van der Waals surface area contributed by atoms with Crippen LogP contribution in [0.4, 0.5) is 0 Å². The molecule has 9 heavy (non-hydrogen) atoms. The van der Waals surface area contributed by atoms with E-state index >= 15 is 0 Å². The standard InChI is InChI=1S/C6H12O3/c1-9-4-2-5(7)6(8)3-4/h4-8H,2-3H2,1H3/t4?,5-,6?/m0/s1. The average Bonchev–Trinajstić information content (AvgIpc) is 2.13. The van der Waals surface area contributed by atoms with E-state index < -0.39 is 12.2 Å². The van der Waals surface area contributed by atoms with Gasteiger partial charge < -0.3 is 14.9 Å². The Balaban J connectivity index is 2.35. The first-order valence-corrected chi connectivity index (χ1v) is 3.13. The van der Waals surface area contributed by atoms with E-state index in [1.165, 1.54) is 0 Å². The number of ether oxygens (including phenoxy) is 1. The molecule has 0 saturated heterocycles. The zero-order chi connectivity index (χ0) is 6.85. The largest absolute Gasteiger partial charge is 0.390 e. The van der Waals surface area contributed by atoms with Gasteiger partial charge in [0.05, 0.1) is 18.3 Å². The molecule has 1 fully saturated rings. The third kappa shape index (κ3) is 1.41. The van der Waals surface area contributed by atoms with Gasteiger partial charge in [-0.1, -0.05) is 0 Å². The van der Waals surface area contributed by atoms with Crippen molar-refractivity contribution in [3.05, 3.63) is 0 Å². The fourth-order valence-corrected chi connectivity index (χ4v) is 1.14. The normalized spacial score (nSPS) is 43.7. The first-order chi connectivity index (χ1) is 4.24. The van der Waals surface area contributed by atoms with E-state index in [4.69, 9.17) is 14.9 Å². The first-order valence-electron chi connectivity index (χ1n) is 3.13. The van der Waals surface area contributed by atoms with Gasteiger partial charge in [0.2, 0.25) is 0 Å². The van der Waals surface area contributed by atoms with Crippen LogP contribution in [0.2, 0.25) is 0 Å². The van der Waals surface area contributed by atoms with Crippen LogP contribution in [0.15, 0.2) is 0 Å². The average molecular weight is 132 g/mol. The van der Waals surface area contributed by atoms with Gasteiger partial charge >= 0.3 is 0 Å². The minimum atomic E-state index is -0.574. The topological polar surface area (TPSA) is 49.7 Å². The highest BCUT2D eigenvalue weighted by atomic mass is 16.5. The van der Waals surface area contributed by atoms with Gasteiger partial charge in [-0.25, -0.2) is 0 Å². The Hall–Kier alpha value is -0.120. The molecule has 0 spiro atoms. The molecule has 0 aromatic rings. The van der Waals surface area contributed by atoms with E-state index in [1.807, 2.05) is 0 Å². The molecule has 3 atom stereocenters. The molecule has 0 aromatic carbocycles. The van der Waals surface area contributed by atoms with E-state index in [9.17, 15) is 0 Å². The second kappa shape index (κ2) is 2.64. The summed E-state index contributed by atoms with van der Waals surface area (Å²) in [5, 5.41) is 17.9. The molecule has 2 unspecified atom stereocenters. The molecule has 1 rings (SSSR count). The maximum atomic E-state index is 8.97. The molecule has 2 N–H and O–H groups in total. The molecule has 54 valence electrons. The van der Waals surface area contributed by atoms with E-state index in [-0.39, 0.29) is 6.10 Å². The number of methoxy groups -OCH3 is 1. The summed E-state index contributed by atoms with van der Waals surface area (Å²) in [5.74, 6) is 0. The molecule has 3 nitrogen and oxygen atoms in total. The van der Waals surface area contributed by atoms with Gasteiger partial charge in [-0.15, -0.1) is 0 Å². The Morgan fingerprint density at radius 2 is 1.67 bits per heavy atom. The van der Waals surface area contributed by atoms with Crippen LogP contribution in [-0.2, 0) is 4.74 Å². The smallest absolute Gasteiger partial charge is 0.0824 e. The van der Waals surface area contributed by atoms with Crippen LogP contribution in [0.1, 0.15) is 12.8 Å². The lowest BCUT2D eigenvalue weighted by atomic mass is 10.3. The van der Waals surface area contributed by atoms with Gasteiger partial charge in [-0.05, 0) is 0 Å². The Bertz CT molecular complexity index is 84.3. The lowest BCUT2D eigenvalue weighted by Crippen LogP contribution is -2.17. The van der Waals surface area contributed by atoms with E-state index in [0.29, 0.717) is 12.8 Å². The highest BCUT2D eigenvalue weighted by Gasteiger charge is 2.30. The number of hydrogen-bond acceptors (Lipinski definition) is 3. The van der Waals surface area contributed by atoms with Crippen molar-refractivity contribution >= 4 is 0 Å². The minimum absolute atomic E-state index is 0.0509. The molecule has 0 heterocycles. The van der Waals surface area contributed by atoms with E-state index in [2.05, 4.69) is 0 Å². The number of rotatable bonds is 1. The monoisotopic (exact) mass is 132 g/mol. The fraction of sp³-hybridized carbons (Fsp3) is 1.00. The van der Waals surface area contributed by atoms with Crippen LogP contribution in [-0.4, -0.2) is 35.6 Å². The highest BCUT2D eigenvalue weighted by Crippen LogP contribution is 2.21. The third-order valence-corrected chi connectivity index (χ3v) is 1.79. The summed E-state index contributed by atoms with van der Waals surface area (Å²) in [5.41, 5.74) is 0. The predicted octanol–water partition coefficient (Wildman–Crippen LogP) is -0.483. The molecule has 0 bridgehead atoms. The van der Waals surface area contributed by atoms with Crippen LogP contribution < -0.4 is 0 Å². The molecule has 0 amide bonds. The zero-order valence-electron chi connectivity index (χ0n) is 5.45. The van der Waals surface area contributed by atoms with Crippen molar-refractivity contribution < 1.29 is 14.9 Å². The lowest BCUT2D eigenvalue weighted by Gasteiger charge is -2.03. The lowest BCUT2D eigenvalue weighted by molar-refractivity contribution is 0.0438. The van der Waals surface area contributed by atoms with Gasteiger partial charge in [0.25, 0.3) is 0 Å². The van der Waals surface area contributed by atoms with Crippen molar-refractivity contribution in [2.45, 2.75) is 31.2 Å². The summed E-state index contributed by atoms with van der Waals surface area (Å²) in [7, 11) is 1.59. The first kappa shape index (κ1) is 6.99. The molecule has 0 aliphatic heterocycles. The SMILES string of the molecule is COC1CC(O)[C@@H](O)C1. The summed E-state index contributed by atoms with van der Waals surface area (Å²) in [6.07, 6.45) is 0.0369. The van der Waals surface area contributed by atoms with Gasteiger partial charge in [0, 0.05) is 20.0 Å². The van der Waals surface area contributed by atoms with Gasteiger partial charge in [-0.3, -0.25) is 0 Å². The summed E-state index contributed by atoms with van der Waals surface area (Å²) in [6.45, 7) is 0. The van der Waals surface area contributed by atoms with Crippen molar-refractivity contribution in [1.82, 2.24) is 0 Å². The number of hydrogen-bond donors (Lipinski definition) is 2. The predicted molar refractivity (Wildman–Crippen MR) is 32.0 cm³/mol. The van der Waals surface area contributed by atoms with Crippen molar-refractivity contribution in [2.75, 3.05) is 7.11 Å². The maximum Gasteiger partial charge on any atom is 0.0824 e. The maximum absolute atomic E-state index is 8.97. The fourth-order valence-electron chi connectivity index (χ4n) is 1.14. The second-order valence-electron chi connectivity index (χ2n) is 2.46. The van der Waals surface area contributed by atoms with Gasteiger partial charge in [-0.2, -0.15) is 0 Å². The summed E-state index contributed by atoms with van der Waals surface area (Å²) >= 11 is 0. The zero-order valence-corrected chi connectivity index (χ0v) is 5.45. The van der Waals surface area contributed by atoms with Crippen molar-refractivity contribution in [2.24, 2.45) is 0 Å². The van der Waals surface area contributed by atoms with E-state index in [0.717, 1.165) is 0 Å². The third-order valence-electron chi connectivity index (χ3n) is 1.79. The van der Waals surface area contributed by atoms with Crippen LogP contribution in [0.3, 0.4) is 0 Å². The molecular weight excluding hydrogens is 120 g/mol. The number of aliphatic hydroxyl groups is 2. The van der Waals surface area contributed by atoms with Gasteiger partial charge in [0.1, 0.15) is 0 Å². The molecular formula is C6H12O3. The summed E-state index contributed by atoms with van der Waals surface area (Å²) < 4.78 is 4.93.